The van der Waals surface area contributed by atoms with Gasteiger partial charge in [0.05, 0.1) is 6.61 Å². The maximum Gasteiger partial charge on any atom is 0.167 e. The van der Waals surface area contributed by atoms with Crippen LogP contribution in [0.25, 0.3) is 0 Å². The molecule has 5 heteroatoms. The van der Waals surface area contributed by atoms with Gasteiger partial charge in [-0.25, -0.2) is 4.39 Å². The van der Waals surface area contributed by atoms with Crippen molar-refractivity contribution in [1.82, 2.24) is 0 Å². The zero-order valence-corrected chi connectivity index (χ0v) is 10.3. The van der Waals surface area contributed by atoms with Crippen molar-refractivity contribution in [3.63, 3.8) is 0 Å². The molecule has 0 aromatic heterocycles. The van der Waals surface area contributed by atoms with E-state index in [9.17, 15) is 4.39 Å². The van der Waals surface area contributed by atoms with E-state index in [1.165, 1.54) is 6.07 Å². The van der Waals surface area contributed by atoms with Crippen LogP contribution >= 0.6 is 0 Å². The standard InChI is InChI=1S/C13H19FN2O2/c14-11-7-10(16)1-2-12(11)18-9-13(8-15)3-5-17-6-4-13/h1-2,7H,3-6,8-9,15-16H2. The fraction of sp³-hybridized carbons (Fsp3) is 0.538. The molecule has 0 spiro atoms. The molecule has 100 valence electrons. The molecule has 1 saturated heterocycles. The van der Waals surface area contributed by atoms with Crippen LogP contribution in [0.1, 0.15) is 12.8 Å². The second kappa shape index (κ2) is 5.54. The number of benzene rings is 1. The van der Waals surface area contributed by atoms with Crippen LogP contribution in [0.5, 0.6) is 5.75 Å². The fourth-order valence-electron chi connectivity index (χ4n) is 2.08. The molecule has 2 rings (SSSR count). The predicted molar refractivity (Wildman–Crippen MR) is 67.8 cm³/mol. The van der Waals surface area contributed by atoms with E-state index in [-0.39, 0.29) is 11.2 Å². The zero-order chi connectivity index (χ0) is 13.0. The molecule has 0 amide bonds. The van der Waals surface area contributed by atoms with Gasteiger partial charge in [0.1, 0.15) is 0 Å². The van der Waals surface area contributed by atoms with Gasteiger partial charge in [-0.15, -0.1) is 0 Å². The molecule has 18 heavy (non-hydrogen) atoms. The first-order valence-electron chi connectivity index (χ1n) is 6.11. The zero-order valence-electron chi connectivity index (χ0n) is 10.3. The lowest BCUT2D eigenvalue weighted by atomic mass is 9.81. The number of halogens is 1. The van der Waals surface area contributed by atoms with Crippen LogP contribution in [0, 0.1) is 11.2 Å². The number of rotatable bonds is 4. The Balaban J connectivity index is 2.01. The molecule has 1 aromatic carbocycles. The molecule has 4 nitrogen and oxygen atoms in total. The number of hydrogen-bond donors (Lipinski definition) is 2. The van der Waals surface area contributed by atoms with Gasteiger partial charge < -0.3 is 20.9 Å². The Morgan fingerprint density at radius 2 is 2.06 bits per heavy atom. The Labute approximate surface area is 106 Å². The van der Waals surface area contributed by atoms with Gasteiger partial charge in [-0.3, -0.25) is 0 Å². The van der Waals surface area contributed by atoms with E-state index in [2.05, 4.69) is 0 Å². The van der Waals surface area contributed by atoms with Gasteiger partial charge in [0, 0.05) is 36.9 Å². The van der Waals surface area contributed by atoms with Crippen LogP contribution in [0.2, 0.25) is 0 Å². The molecule has 0 radical (unpaired) electrons. The van der Waals surface area contributed by atoms with Gasteiger partial charge in [0.15, 0.2) is 11.6 Å². The summed E-state index contributed by atoms with van der Waals surface area (Å²) in [5, 5.41) is 0. The Bertz CT molecular complexity index is 406. The number of nitrogen functional groups attached to an aromatic ring is 1. The first-order valence-corrected chi connectivity index (χ1v) is 6.11. The fourth-order valence-corrected chi connectivity index (χ4v) is 2.08. The third kappa shape index (κ3) is 2.91. The van der Waals surface area contributed by atoms with Crippen molar-refractivity contribution in [1.29, 1.82) is 0 Å². The monoisotopic (exact) mass is 254 g/mol. The Morgan fingerprint density at radius 3 is 2.67 bits per heavy atom. The van der Waals surface area contributed by atoms with Crippen molar-refractivity contribution < 1.29 is 13.9 Å². The van der Waals surface area contributed by atoms with Crippen molar-refractivity contribution in [2.75, 3.05) is 32.1 Å². The molecule has 1 aliphatic heterocycles. The Hall–Kier alpha value is -1.33. The van der Waals surface area contributed by atoms with Crippen molar-refractivity contribution >= 4 is 5.69 Å². The molecule has 0 atom stereocenters. The van der Waals surface area contributed by atoms with Gasteiger partial charge in [-0.05, 0) is 25.0 Å². The molecule has 0 bridgehead atoms. The van der Waals surface area contributed by atoms with Gasteiger partial charge in [-0.1, -0.05) is 0 Å². The van der Waals surface area contributed by atoms with E-state index in [0.717, 1.165) is 12.8 Å². The topological polar surface area (TPSA) is 70.5 Å². The van der Waals surface area contributed by atoms with E-state index >= 15 is 0 Å². The lowest BCUT2D eigenvalue weighted by molar-refractivity contribution is -0.00562. The van der Waals surface area contributed by atoms with Crippen molar-refractivity contribution in [3.8, 4) is 5.75 Å². The maximum atomic E-state index is 13.6. The minimum atomic E-state index is -0.436. The summed E-state index contributed by atoms with van der Waals surface area (Å²) < 4.78 is 24.4. The molecule has 4 N–H and O–H groups in total. The first kappa shape index (κ1) is 13.1. The lowest BCUT2D eigenvalue weighted by Gasteiger charge is -2.35. The van der Waals surface area contributed by atoms with Crippen LogP contribution in [0.3, 0.4) is 0 Å². The summed E-state index contributed by atoms with van der Waals surface area (Å²) >= 11 is 0. The van der Waals surface area contributed by atoms with Crippen LogP contribution in [0.15, 0.2) is 18.2 Å². The molecule has 1 heterocycles. The van der Waals surface area contributed by atoms with Crippen LogP contribution < -0.4 is 16.2 Å². The molecular weight excluding hydrogens is 235 g/mol. The molecule has 1 fully saturated rings. The third-order valence-electron chi connectivity index (χ3n) is 3.48. The van der Waals surface area contributed by atoms with Gasteiger partial charge in [-0.2, -0.15) is 0 Å². The second-order valence-corrected chi connectivity index (χ2v) is 4.80. The van der Waals surface area contributed by atoms with Crippen LogP contribution in [-0.4, -0.2) is 26.4 Å². The highest BCUT2D eigenvalue weighted by Crippen LogP contribution is 2.31. The first-order chi connectivity index (χ1) is 8.65. The largest absolute Gasteiger partial charge is 0.490 e. The number of anilines is 1. The van der Waals surface area contributed by atoms with Crippen LogP contribution in [-0.2, 0) is 4.74 Å². The minimum Gasteiger partial charge on any atom is -0.490 e. The molecular formula is C13H19FN2O2. The average molecular weight is 254 g/mol. The van der Waals surface area contributed by atoms with Crippen LogP contribution in [0.4, 0.5) is 10.1 Å². The van der Waals surface area contributed by atoms with E-state index in [4.69, 9.17) is 20.9 Å². The average Bonchev–Trinajstić information content (AvgIpc) is 2.39. The highest BCUT2D eigenvalue weighted by atomic mass is 19.1. The van der Waals surface area contributed by atoms with Crippen molar-refractivity contribution in [2.45, 2.75) is 12.8 Å². The van der Waals surface area contributed by atoms with E-state index in [0.29, 0.717) is 32.1 Å². The Morgan fingerprint density at radius 1 is 1.33 bits per heavy atom. The SMILES string of the molecule is NCC1(COc2ccc(N)cc2F)CCOCC1. The summed E-state index contributed by atoms with van der Waals surface area (Å²) in [5.74, 6) is -0.210. The highest BCUT2D eigenvalue weighted by molar-refractivity contribution is 5.42. The van der Waals surface area contributed by atoms with Gasteiger partial charge in [0.2, 0.25) is 0 Å². The lowest BCUT2D eigenvalue weighted by Crippen LogP contribution is -2.41. The Kier molecular flexibility index (Phi) is 4.04. The van der Waals surface area contributed by atoms with Gasteiger partial charge in [0.25, 0.3) is 0 Å². The highest BCUT2D eigenvalue weighted by Gasteiger charge is 2.32. The van der Waals surface area contributed by atoms with Crippen molar-refractivity contribution in [3.05, 3.63) is 24.0 Å². The molecule has 0 aliphatic carbocycles. The van der Waals surface area contributed by atoms with E-state index in [1.54, 1.807) is 12.1 Å². The molecule has 0 unspecified atom stereocenters. The predicted octanol–water partition coefficient (Wildman–Crippen LogP) is 1.54. The van der Waals surface area contributed by atoms with E-state index in [1.807, 2.05) is 0 Å². The summed E-state index contributed by atoms with van der Waals surface area (Å²) in [7, 11) is 0. The second-order valence-electron chi connectivity index (χ2n) is 4.80. The van der Waals surface area contributed by atoms with E-state index < -0.39 is 5.82 Å². The van der Waals surface area contributed by atoms with Gasteiger partial charge >= 0.3 is 0 Å². The normalized spacial score (nSPS) is 18.6. The van der Waals surface area contributed by atoms with Crippen molar-refractivity contribution in [2.24, 2.45) is 11.1 Å². The number of ether oxygens (including phenoxy) is 2. The number of nitrogens with two attached hydrogens (primary N) is 2. The number of hydrogen-bond acceptors (Lipinski definition) is 4. The summed E-state index contributed by atoms with van der Waals surface area (Å²) in [4.78, 5) is 0. The minimum absolute atomic E-state index is 0.105. The third-order valence-corrected chi connectivity index (χ3v) is 3.48. The smallest absolute Gasteiger partial charge is 0.167 e. The molecule has 1 aromatic rings. The molecule has 1 aliphatic rings. The quantitative estimate of drug-likeness (QED) is 0.800. The summed E-state index contributed by atoms with van der Waals surface area (Å²) in [6, 6.07) is 4.43. The summed E-state index contributed by atoms with van der Waals surface area (Å²) in [6.45, 7) is 2.30. The summed E-state index contributed by atoms with van der Waals surface area (Å²) in [5.41, 5.74) is 11.6. The maximum absolute atomic E-state index is 13.6. The molecule has 0 saturated carbocycles. The summed E-state index contributed by atoms with van der Waals surface area (Å²) in [6.07, 6.45) is 1.69.